The molecule has 2 aromatic rings. The Labute approximate surface area is 142 Å². The summed E-state index contributed by atoms with van der Waals surface area (Å²) < 4.78 is 2.15. The summed E-state index contributed by atoms with van der Waals surface area (Å²) >= 11 is 0. The van der Waals surface area contributed by atoms with Crippen LogP contribution >= 0.6 is 0 Å². The normalized spacial score (nSPS) is 26.1. The minimum atomic E-state index is -0.336. The van der Waals surface area contributed by atoms with Gasteiger partial charge in [0.1, 0.15) is 12.0 Å². The fourth-order valence-corrected chi connectivity index (χ4v) is 4.51. The summed E-state index contributed by atoms with van der Waals surface area (Å²) in [5.74, 6) is 1.96. The maximum atomic E-state index is 13.2. The third kappa shape index (κ3) is 2.04. The van der Waals surface area contributed by atoms with Gasteiger partial charge in [-0.25, -0.2) is 4.98 Å². The van der Waals surface area contributed by atoms with E-state index < -0.39 is 0 Å². The van der Waals surface area contributed by atoms with Crippen molar-refractivity contribution < 1.29 is 4.79 Å². The molecule has 0 unspecified atom stereocenters. The molecule has 24 heavy (non-hydrogen) atoms. The van der Waals surface area contributed by atoms with E-state index >= 15 is 0 Å². The summed E-state index contributed by atoms with van der Waals surface area (Å²) in [6.45, 7) is 0.876. The van der Waals surface area contributed by atoms with Crippen molar-refractivity contribution in [2.45, 2.75) is 50.2 Å². The number of para-hydroxylation sites is 2. The molecule has 0 radical (unpaired) electrons. The first-order valence-corrected chi connectivity index (χ1v) is 9.18. The van der Waals surface area contributed by atoms with Gasteiger partial charge in [-0.3, -0.25) is 10.1 Å². The zero-order chi connectivity index (χ0) is 16.3. The first kappa shape index (κ1) is 14.5. The van der Waals surface area contributed by atoms with Gasteiger partial charge in [0.05, 0.1) is 16.6 Å². The highest BCUT2D eigenvalue weighted by Crippen LogP contribution is 2.43. The Morgan fingerprint density at radius 2 is 2.00 bits per heavy atom. The molecule has 2 saturated carbocycles. The lowest BCUT2D eigenvalue weighted by molar-refractivity contribution is -0.133. The van der Waals surface area contributed by atoms with E-state index in [9.17, 15) is 4.79 Å². The van der Waals surface area contributed by atoms with Crippen LogP contribution in [0.3, 0.4) is 0 Å². The maximum Gasteiger partial charge on any atom is 0.244 e. The number of imidazole rings is 1. The Morgan fingerprint density at radius 3 is 2.71 bits per heavy atom. The lowest BCUT2D eigenvalue weighted by Crippen LogP contribution is -2.44. The molecule has 126 valence electrons. The quantitative estimate of drug-likeness (QED) is 0.944. The van der Waals surface area contributed by atoms with Crippen molar-refractivity contribution in [1.29, 1.82) is 0 Å². The molecule has 2 aliphatic carbocycles. The summed E-state index contributed by atoms with van der Waals surface area (Å²) in [7, 11) is 2.06. The molecule has 2 heterocycles. The number of hydrogen-bond donors (Lipinski definition) is 1. The van der Waals surface area contributed by atoms with E-state index in [1.165, 1.54) is 12.8 Å². The zero-order valence-corrected chi connectivity index (χ0v) is 14.2. The van der Waals surface area contributed by atoms with Crippen LogP contribution in [0.1, 0.15) is 50.5 Å². The average molecular weight is 324 g/mol. The molecular formula is C19H24N4O. The van der Waals surface area contributed by atoms with E-state index in [2.05, 4.69) is 27.9 Å². The molecular weight excluding hydrogens is 300 g/mol. The molecule has 1 aromatic heterocycles. The highest BCUT2D eigenvalue weighted by atomic mass is 16.2. The van der Waals surface area contributed by atoms with E-state index in [0.717, 1.165) is 49.1 Å². The molecule has 1 N–H and O–H groups in total. The number of amides is 1. The number of carbonyl (C=O) groups excluding carboxylic acids is 1. The molecule has 3 fully saturated rings. The highest BCUT2D eigenvalue weighted by Gasteiger charge is 2.54. The predicted molar refractivity (Wildman–Crippen MR) is 92.2 cm³/mol. The number of hydrogen-bond acceptors (Lipinski definition) is 3. The fraction of sp³-hybridized carbons (Fsp3) is 0.579. The number of aryl methyl sites for hydroxylation is 1. The molecule has 1 atom stereocenters. The lowest BCUT2D eigenvalue weighted by Gasteiger charge is -2.23. The van der Waals surface area contributed by atoms with Gasteiger partial charge in [-0.1, -0.05) is 25.0 Å². The number of benzene rings is 1. The largest absolute Gasteiger partial charge is 0.328 e. The van der Waals surface area contributed by atoms with Crippen LogP contribution in [0, 0.1) is 5.92 Å². The van der Waals surface area contributed by atoms with Gasteiger partial charge in [-0.15, -0.1) is 0 Å². The number of fused-ring (bicyclic) bond motifs is 1. The van der Waals surface area contributed by atoms with Gasteiger partial charge < -0.3 is 9.47 Å². The zero-order valence-electron chi connectivity index (χ0n) is 14.2. The predicted octanol–water partition coefficient (Wildman–Crippen LogP) is 2.73. The second-order valence-electron chi connectivity index (χ2n) is 7.75. The Bertz CT molecular complexity index is 801. The van der Waals surface area contributed by atoms with Crippen molar-refractivity contribution in [2.24, 2.45) is 13.0 Å². The van der Waals surface area contributed by atoms with Gasteiger partial charge in [-0.2, -0.15) is 0 Å². The SMILES string of the molecule is Cn1c([C@@H]2NC3(CCCC3)C(=O)N2CC2CC2)nc2ccccc21. The third-order valence-electron chi connectivity index (χ3n) is 6.07. The van der Waals surface area contributed by atoms with Crippen LogP contribution in [0.4, 0.5) is 0 Å². The molecule has 5 rings (SSSR count). The summed E-state index contributed by atoms with van der Waals surface area (Å²) in [6, 6.07) is 8.21. The molecule has 1 aliphatic heterocycles. The van der Waals surface area contributed by atoms with Crippen molar-refractivity contribution in [2.75, 3.05) is 6.54 Å². The minimum absolute atomic E-state index is 0.0893. The summed E-state index contributed by atoms with van der Waals surface area (Å²) in [6.07, 6.45) is 6.64. The number of nitrogens with one attached hydrogen (secondary N) is 1. The fourth-order valence-electron chi connectivity index (χ4n) is 4.51. The first-order valence-electron chi connectivity index (χ1n) is 9.18. The van der Waals surface area contributed by atoms with E-state index in [1.807, 2.05) is 18.2 Å². The van der Waals surface area contributed by atoms with Gasteiger partial charge in [0, 0.05) is 13.6 Å². The molecule has 0 bridgehead atoms. The molecule has 1 amide bonds. The number of rotatable bonds is 3. The molecule has 1 aromatic carbocycles. The van der Waals surface area contributed by atoms with Crippen LogP contribution in [0.25, 0.3) is 11.0 Å². The van der Waals surface area contributed by atoms with Crippen LogP contribution in [0.5, 0.6) is 0 Å². The Hall–Kier alpha value is -1.88. The summed E-state index contributed by atoms with van der Waals surface area (Å²) in [4.78, 5) is 20.2. The van der Waals surface area contributed by atoms with Crippen molar-refractivity contribution in [1.82, 2.24) is 19.8 Å². The Kier molecular flexibility index (Phi) is 3.05. The topological polar surface area (TPSA) is 50.2 Å². The Balaban J connectivity index is 1.58. The second kappa shape index (κ2) is 5.06. The van der Waals surface area contributed by atoms with Crippen LogP contribution < -0.4 is 5.32 Å². The second-order valence-corrected chi connectivity index (χ2v) is 7.75. The number of nitrogens with zero attached hydrogens (tertiary/aromatic N) is 3. The van der Waals surface area contributed by atoms with Gasteiger partial charge in [0.2, 0.25) is 5.91 Å². The minimum Gasteiger partial charge on any atom is -0.328 e. The van der Waals surface area contributed by atoms with Gasteiger partial charge in [-0.05, 0) is 43.7 Å². The van der Waals surface area contributed by atoms with E-state index in [4.69, 9.17) is 4.98 Å². The highest BCUT2D eigenvalue weighted by molar-refractivity contribution is 5.89. The molecule has 1 saturated heterocycles. The molecule has 3 aliphatic rings. The van der Waals surface area contributed by atoms with E-state index in [1.54, 1.807) is 0 Å². The lowest BCUT2D eigenvalue weighted by atomic mass is 9.98. The molecule has 5 nitrogen and oxygen atoms in total. The van der Waals surface area contributed by atoms with Crippen LogP contribution in [0.15, 0.2) is 24.3 Å². The van der Waals surface area contributed by atoms with Crippen LogP contribution in [-0.2, 0) is 11.8 Å². The van der Waals surface area contributed by atoms with Crippen LogP contribution in [-0.4, -0.2) is 32.4 Å². The van der Waals surface area contributed by atoms with Gasteiger partial charge in [0.15, 0.2) is 0 Å². The first-order chi connectivity index (χ1) is 11.7. The average Bonchev–Trinajstić information content (AvgIpc) is 3.09. The van der Waals surface area contributed by atoms with Crippen LogP contribution in [0.2, 0.25) is 0 Å². The molecule has 5 heteroatoms. The summed E-state index contributed by atoms with van der Waals surface area (Å²) in [5, 5.41) is 3.71. The third-order valence-corrected chi connectivity index (χ3v) is 6.07. The number of carbonyl (C=O) groups is 1. The smallest absolute Gasteiger partial charge is 0.244 e. The van der Waals surface area contributed by atoms with Crippen molar-refractivity contribution >= 4 is 16.9 Å². The van der Waals surface area contributed by atoms with Crippen molar-refractivity contribution in [3.8, 4) is 0 Å². The van der Waals surface area contributed by atoms with Gasteiger partial charge >= 0.3 is 0 Å². The maximum absolute atomic E-state index is 13.2. The monoisotopic (exact) mass is 324 g/mol. The standard InChI is InChI=1S/C19H24N4O/c1-22-15-7-3-2-6-14(15)20-16(22)17-21-19(10-4-5-11-19)18(24)23(17)12-13-8-9-13/h2-3,6-7,13,17,21H,4-5,8-12H2,1H3/t17-/m1/s1. The Morgan fingerprint density at radius 1 is 1.25 bits per heavy atom. The van der Waals surface area contributed by atoms with Gasteiger partial charge in [0.25, 0.3) is 0 Å². The summed E-state index contributed by atoms with van der Waals surface area (Å²) in [5.41, 5.74) is 1.79. The van der Waals surface area contributed by atoms with E-state index in [-0.39, 0.29) is 11.7 Å². The number of aromatic nitrogens is 2. The van der Waals surface area contributed by atoms with E-state index in [0.29, 0.717) is 11.8 Å². The van der Waals surface area contributed by atoms with Crippen molar-refractivity contribution in [3.63, 3.8) is 0 Å². The van der Waals surface area contributed by atoms with Crippen molar-refractivity contribution in [3.05, 3.63) is 30.1 Å². The molecule has 1 spiro atoms.